The molecule has 1 amide bonds. The zero-order valence-corrected chi connectivity index (χ0v) is 9.14. The molecule has 0 spiro atoms. The Morgan fingerprint density at radius 2 is 2.38 bits per heavy atom. The van der Waals surface area contributed by atoms with Crippen LogP contribution in [0.4, 0.5) is 0 Å². The lowest BCUT2D eigenvalue weighted by Crippen LogP contribution is -2.18. The minimum atomic E-state index is 0.0131. The first-order chi connectivity index (χ1) is 7.79. The molecule has 0 aromatic heterocycles. The first kappa shape index (κ1) is 10.7. The van der Waals surface area contributed by atoms with Crippen LogP contribution < -0.4 is 10.2 Å². The topological polar surface area (TPSA) is 50.7 Å². The molecule has 1 N–H and O–H groups in total. The number of amides is 1. The van der Waals surface area contributed by atoms with Crippen molar-refractivity contribution < 1.29 is 9.53 Å². The highest BCUT2D eigenvalue weighted by Crippen LogP contribution is 2.28. The molecule has 4 nitrogen and oxygen atoms in total. The van der Waals surface area contributed by atoms with Gasteiger partial charge in [-0.1, -0.05) is 12.1 Å². The molecule has 0 atom stereocenters. The van der Waals surface area contributed by atoms with Crippen molar-refractivity contribution >= 4 is 12.1 Å². The Hall–Kier alpha value is -1.84. The average Bonchev–Trinajstić information content (AvgIpc) is 3.13. The van der Waals surface area contributed by atoms with Crippen molar-refractivity contribution in [2.75, 3.05) is 7.11 Å². The molecule has 2 rings (SSSR count). The molecule has 0 bridgehead atoms. The first-order valence-electron chi connectivity index (χ1n) is 5.26. The van der Waals surface area contributed by atoms with Crippen molar-refractivity contribution in [3.63, 3.8) is 0 Å². The van der Waals surface area contributed by atoms with E-state index < -0.39 is 0 Å². The van der Waals surface area contributed by atoms with Crippen molar-refractivity contribution in [3.8, 4) is 5.75 Å². The maximum Gasteiger partial charge on any atom is 0.243 e. The summed E-state index contributed by atoms with van der Waals surface area (Å²) in [6, 6.07) is 7.49. The molecule has 1 aliphatic rings. The number of nitrogens with one attached hydrogen (secondary N) is 1. The third-order valence-corrected chi connectivity index (χ3v) is 2.43. The van der Waals surface area contributed by atoms with Gasteiger partial charge < -0.3 is 4.74 Å². The van der Waals surface area contributed by atoms with Crippen LogP contribution in [0, 0.1) is 5.92 Å². The number of methoxy groups -OCH3 is 1. The van der Waals surface area contributed by atoms with Gasteiger partial charge in [-0.2, -0.15) is 5.10 Å². The average molecular weight is 218 g/mol. The maximum absolute atomic E-state index is 11.3. The number of hydrogen-bond donors (Lipinski definition) is 1. The largest absolute Gasteiger partial charge is 0.497 e. The number of benzene rings is 1. The highest BCUT2D eigenvalue weighted by molar-refractivity contribution is 5.84. The number of ether oxygens (including phenoxy) is 1. The van der Waals surface area contributed by atoms with Crippen LogP contribution in [-0.2, 0) is 4.79 Å². The third-order valence-electron chi connectivity index (χ3n) is 2.43. The van der Waals surface area contributed by atoms with E-state index in [1.54, 1.807) is 13.3 Å². The van der Waals surface area contributed by atoms with Crippen molar-refractivity contribution in [2.45, 2.75) is 12.8 Å². The Morgan fingerprint density at radius 1 is 1.56 bits per heavy atom. The molecule has 0 unspecified atom stereocenters. The Bertz CT molecular complexity index is 411. The van der Waals surface area contributed by atoms with E-state index >= 15 is 0 Å². The predicted octanol–water partition coefficient (Wildman–Crippen LogP) is 1.56. The van der Waals surface area contributed by atoms with Gasteiger partial charge in [0.15, 0.2) is 0 Å². The second-order valence-electron chi connectivity index (χ2n) is 3.79. The van der Waals surface area contributed by atoms with Crippen LogP contribution >= 0.6 is 0 Å². The van der Waals surface area contributed by atoms with Crippen LogP contribution in [0.25, 0.3) is 0 Å². The summed E-state index contributed by atoms with van der Waals surface area (Å²) in [5.41, 5.74) is 3.42. The fraction of sp³-hybridized carbons (Fsp3) is 0.333. The van der Waals surface area contributed by atoms with E-state index in [4.69, 9.17) is 4.74 Å². The zero-order valence-electron chi connectivity index (χ0n) is 9.14. The number of nitrogens with zero attached hydrogens (tertiary/aromatic N) is 1. The van der Waals surface area contributed by atoms with Crippen LogP contribution in [0.1, 0.15) is 18.4 Å². The second-order valence-corrected chi connectivity index (χ2v) is 3.79. The van der Waals surface area contributed by atoms with Gasteiger partial charge in [-0.15, -0.1) is 0 Å². The summed E-state index contributed by atoms with van der Waals surface area (Å²) in [5.74, 6) is 0.971. The van der Waals surface area contributed by atoms with E-state index in [9.17, 15) is 4.79 Å². The molecule has 1 aliphatic carbocycles. The number of hydrogen-bond acceptors (Lipinski definition) is 3. The van der Waals surface area contributed by atoms with Crippen LogP contribution in [0.3, 0.4) is 0 Å². The van der Waals surface area contributed by atoms with Gasteiger partial charge in [0.25, 0.3) is 0 Å². The van der Waals surface area contributed by atoms with Crippen molar-refractivity contribution in [2.24, 2.45) is 11.0 Å². The van der Waals surface area contributed by atoms with Gasteiger partial charge in [0.1, 0.15) is 5.75 Å². The molecule has 0 saturated heterocycles. The summed E-state index contributed by atoms with van der Waals surface area (Å²) in [4.78, 5) is 11.3. The normalized spacial score (nSPS) is 15.1. The van der Waals surface area contributed by atoms with Crippen LogP contribution in [0.15, 0.2) is 29.4 Å². The lowest BCUT2D eigenvalue weighted by molar-refractivity contribution is -0.122. The Kier molecular flexibility index (Phi) is 3.19. The smallest absolute Gasteiger partial charge is 0.243 e. The quantitative estimate of drug-likeness (QED) is 0.616. The van der Waals surface area contributed by atoms with Crippen LogP contribution in [0.5, 0.6) is 5.75 Å². The summed E-state index contributed by atoms with van der Waals surface area (Å²) in [6.07, 6.45) is 3.59. The van der Waals surface area contributed by atoms with Crippen molar-refractivity contribution in [1.82, 2.24) is 5.43 Å². The Balaban J connectivity index is 1.91. The highest BCUT2D eigenvalue weighted by atomic mass is 16.5. The van der Waals surface area contributed by atoms with Crippen LogP contribution in [0.2, 0.25) is 0 Å². The molecule has 0 heterocycles. The van der Waals surface area contributed by atoms with E-state index in [0.717, 1.165) is 24.2 Å². The standard InChI is InChI=1S/C12H14N2O2/c1-16-11-4-2-3-9(7-11)8-13-14-12(15)10-5-6-10/h2-4,7-8,10H,5-6H2,1H3,(H,14,15)/b13-8+. The predicted molar refractivity (Wildman–Crippen MR) is 61.5 cm³/mol. The summed E-state index contributed by atoms with van der Waals surface area (Å²) in [5, 5.41) is 3.90. The number of carbonyl (C=O) groups is 1. The monoisotopic (exact) mass is 218 g/mol. The molecule has 16 heavy (non-hydrogen) atoms. The molecule has 1 saturated carbocycles. The van der Waals surface area contributed by atoms with Gasteiger partial charge >= 0.3 is 0 Å². The minimum Gasteiger partial charge on any atom is -0.497 e. The van der Waals surface area contributed by atoms with Gasteiger partial charge in [-0.3, -0.25) is 4.79 Å². The molecule has 0 aliphatic heterocycles. The zero-order chi connectivity index (χ0) is 11.4. The summed E-state index contributed by atoms with van der Waals surface area (Å²) < 4.78 is 5.08. The molecule has 1 aromatic carbocycles. The fourth-order valence-corrected chi connectivity index (χ4v) is 1.33. The highest BCUT2D eigenvalue weighted by Gasteiger charge is 2.29. The summed E-state index contributed by atoms with van der Waals surface area (Å²) in [7, 11) is 1.62. The molecule has 84 valence electrons. The molecule has 4 heteroatoms. The van der Waals surface area contributed by atoms with Gasteiger partial charge in [-0.05, 0) is 30.5 Å². The van der Waals surface area contributed by atoms with Gasteiger partial charge in [0.2, 0.25) is 5.91 Å². The number of carbonyl (C=O) groups excluding carboxylic acids is 1. The fourth-order valence-electron chi connectivity index (χ4n) is 1.33. The summed E-state index contributed by atoms with van der Waals surface area (Å²) >= 11 is 0. The van der Waals surface area contributed by atoms with E-state index in [2.05, 4.69) is 10.5 Å². The van der Waals surface area contributed by atoms with E-state index in [1.807, 2.05) is 24.3 Å². The lowest BCUT2D eigenvalue weighted by Gasteiger charge is -2.00. The number of hydrazone groups is 1. The van der Waals surface area contributed by atoms with E-state index in [0.29, 0.717) is 0 Å². The van der Waals surface area contributed by atoms with Crippen LogP contribution in [-0.4, -0.2) is 19.2 Å². The van der Waals surface area contributed by atoms with E-state index in [1.165, 1.54) is 0 Å². The molecule has 1 aromatic rings. The van der Waals surface area contributed by atoms with Gasteiger partial charge in [-0.25, -0.2) is 5.43 Å². The Morgan fingerprint density at radius 3 is 3.06 bits per heavy atom. The molecular formula is C12H14N2O2. The van der Waals surface area contributed by atoms with Gasteiger partial charge in [0.05, 0.1) is 13.3 Å². The number of rotatable bonds is 4. The molecule has 0 radical (unpaired) electrons. The van der Waals surface area contributed by atoms with Crippen molar-refractivity contribution in [1.29, 1.82) is 0 Å². The first-order valence-corrected chi connectivity index (χ1v) is 5.26. The Labute approximate surface area is 94.3 Å². The molecule has 1 fully saturated rings. The second kappa shape index (κ2) is 4.79. The van der Waals surface area contributed by atoms with Crippen molar-refractivity contribution in [3.05, 3.63) is 29.8 Å². The molecular weight excluding hydrogens is 204 g/mol. The SMILES string of the molecule is COc1cccc(/C=N/NC(=O)C2CC2)c1. The van der Waals surface area contributed by atoms with Gasteiger partial charge in [0, 0.05) is 5.92 Å². The third kappa shape index (κ3) is 2.82. The maximum atomic E-state index is 11.3. The minimum absolute atomic E-state index is 0.0131. The lowest BCUT2D eigenvalue weighted by atomic mass is 10.2. The van der Waals surface area contributed by atoms with E-state index in [-0.39, 0.29) is 11.8 Å². The summed E-state index contributed by atoms with van der Waals surface area (Å²) in [6.45, 7) is 0.